The van der Waals surface area contributed by atoms with E-state index in [0.29, 0.717) is 0 Å². The lowest BCUT2D eigenvalue weighted by Crippen LogP contribution is -2.20. The molecule has 1 fully saturated rings. The van der Waals surface area contributed by atoms with Crippen LogP contribution in [0.3, 0.4) is 0 Å². The Hall–Kier alpha value is -1.64. The number of unbranched alkanes of at least 4 members (excludes halogenated alkanes) is 4. The Morgan fingerprint density at radius 3 is 1.82 bits per heavy atom. The van der Waals surface area contributed by atoms with Crippen molar-refractivity contribution in [2.75, 3.05) is 0 Å². The summed E-state index contributed by atoms with van der Waals surface area (Å²) in [7, 11) is 0. The van der Waals surface area contributed by atoms with Gasteiger partial charge in [-0.1, -0.05) is 63.8 Å². The second-order valence-corrected chi connectivity index (χ2v) is 9.46. The molecule has 1 aromatic rings. The van der Waals surface area contributed by atoms with Crippen molar-refractivity contribution in [2.24, 2.45) is 10.8 Å². The van der Waals surface area contributed by atoms with Crippen molar-refractivity contribution < 1.29 is 14.7 Å². The van der Waals surface area contributed by atoms with Gasteiger partial charge in [0.05, 0.1) is 5.41 Å². The van der Waals surface area contributed by atoms with E-state index < -0.39 is 5.97 Å². The summed E-state index contributed by atoms with van der Waals surface area (Å²) >= 11 is 0. The molecule has 3 heteroatoms. The highest BCUT2D eigenvalue weighted by atomic mass is 16.4. The summed E-state index contributed by atoms with van der Waals surface area (Å²) in [5.41, 5.74) is 2.25. The molecule has 0 unspecified atom stereocenters. The Bertz CT molecular complexity index is 593. The fourth-order valence-corrected chi connectivity index (χ4v) is 3.81. The van der Waals surface area contributed by atoms with Crippen molar-refractivity contribution in [2.45, 2.75) is 97.8 Å². The number of hydrogen-bond donors (Lipinski definition) is 1. The summed E-state index contributed by atoms with van der Waals surface area (Å²) in [6.07, 6.45) is 12.5. The minimum atomic E-state index is -0.592. The van der Waals surface area contributed by atoms with Gasteiger partial charge in [0.2, 0.25) is 0 Å². The Morgan fingerprint density at radius 1 is 0.893 bits per heavy atom. The minimum Gasteiger partial charge on any atom is -0.481 e. The molecule has 1 aliphatic carbocycles. The van der Waals surface area contributed by atoms with Gasteiger partial charge in [0.15, 0.2) is 0 Å². The maximum absolute atomic E-state index is 11.5. The molecule has 0 aromatic heterocycles. The van der Waals surface area contributed by atoms with Gasteiger partial charge < -0.3 is 5.11 Å². The first-order valence-electron chi connectivity index (χ1n) is 11.1. The lowest BCUT2D eigenvalue weighted by atomic mass is 9.83. The van der Waals surface area contributed by atoms with Gasteiger partial charge in [0, 0.05) is 5.41 Å². The van der Waals surface area contributed by atoms with E-state index in [9.17, 15) is 14.7 Å². The van der Waals surface area contributed by atoms with Crippen LogP contribution in [0.2, 0.25) is 0 Å². The quantitative estimate of drug-likeness (QED) is 0.378. The number of carbonyl (C=O) groups excluding carboxylic acids is 1. The molecule has 0 amide bonds. The molecule has 28 heavy (non-hydrogen) atoms. The average Bonchev–Trinajstić information content (AvgIpc) is 3.43. The van der Waals surface area contributed by atoms with Crippen molar-refractivity contribution in [3.05, 3.63) is 35.4 Å². The number of Topliss-reactive ketones (excluding diaryl/α,β-unsaturated/α-hetero) is 1. The Morgan fingerprint density at radius 2 is 1.39 bits per heavy atom. The summed E-state index contributed by atoms with van der Waals surface area (Å²) in [5, 5.41) is 9.20. The first kappa shape index (κ1) is 22.6. The molecule has 3 nitrogen and oxygen atoms in total. The van der Waals surface area contributed by atoms with E-state index in [1.807, 2.05) is 13.8 Å². The lowest BCUT2D eigenvalue weighted by Gasteiger charge is -2.20. The highest BCUT2D eigenvalue weighted by Gasteiger charge is 2.49. The van der Waals surface area contributed by atoms with E-state index in [1.165, 1.54) is 24.0 Å². The van der Waals surface area contributed by atoms with Crippen LogP contribution >= 0.6 is 0 Å². The van der Waals surface area contributed by atoms with Crippen LogP contribution in [0.25, 0.3) is 0 Å². The van der Waals surface area contributed by atoms with Crippen molar-refractivity contribution in [1.29, 1.82) is 0 Å². The fraction of sp³-hybridized carbons (Fsp3) is 0.680. The molecule has 156 valence electrons. The van der Waals surface area contributed by atoms with Crippen molar-refractivity contribution in [3.63, 3.8) is 0 Å². The third kappa shape index (κ3) is 7.07. The third-order valence-electron chi connectivity index (χ3n) is 6.67. The number of ketones is 1. The number of aliphatic carboxylic acids is 1. The highest BCUT2D eigenvalue weighted by molar-refractivity contribution is 5.81. The molecule has 1 N–H and O–H groups in total. The number of carboxylic acid groups (broad SMARTS) is 1. The standard InChI is InChI=1S/C25H38O3/c1-20(26)24(2,3)16-8-4-6-10-21-12-14-22(15-13-21)11-7-5-9-17-25(18-19-25)23(27)28/h12-15H,4-11,16-19H2,1-3H3,(H,27,28). The summed E-state index contributed by atoms with van der Waals surface area (Å²) in [6, 6.07) is 8.98. The van der Waals surface area contributed by atoms with Gasteiger partial charge in [-0.05, 0) is 69.4 Å². The number of carboxylic acids is 1. The van der Waals surface area contributed by atoms with Crippen LogP contribution in [0, 0.1) is 10.8 Å². The molecule has 1 aromatic carbocycles. The first-order valence-corrected chi connectivity index (χ1v) is 11.1. The second-order valence-electron chi connectivity index (χ2n) is 9.46. The molecule has 1 aliphatic rings. The van der Waals surface area contributed by atoms with Crippen LogP contribution < -0.4 is 0 Å². The van der Waals surface area contributed by atoms with Crippen LogP contribution in [0.15, 0.2) is 24.3 Å². The summed E-state index contributed by atoms with van der Waals surface area (Å²) < 4.78 is 0. The predicted octanol–water partition coefficient (Wildman–Crippen LogP) is 6.37. The smallest absolute Gasteiger partial charge is 0.309 e. The van der Waals surface area contributed by atoms with Gasteiger partial charge in [-0.2, -0.15) is 0 Å². The summed E-state index contributed by atoms with van der Waals surface area (Å²) in [4.78, 5) is 22.7. The van der Waals surface area contributed by atoms with Crippen LogP contribution in [-0.2, 0) is 22.4 Å². The predicted molar refractivity (Wildman–Crippen MR) is 115 cm³/mol. The van der Waals surface area contributed by atoms with E-state index in [2.05, 4.69) is 24.3 Å². The molecule has 1 saturated carbocycles. The topological polar surface area (TPSA) is 54.4 Å². The molecule has 2 rings (SSSR count). The Balaban J connectivity index is 1.56. The van der Waals surface area contributed by atoms with E-state index in [4.69, 9.17) is 0 Å². The second kappa shape index (κ2) is 10.2. The van der Waals surface area contributed by atoms with Crippen LogP contribution in [-0.4, -0.2) is 16.9 Å². The number of benzene rings is 1. The van der Waals surface area contributed by atoms with Gasteiger partial charge in [-0.25, -0.2) is 0 Å². The van der Waals surface area contributed by atoms with Gasteiger partial charge in [-0.15, -0.1) is 0 Å². The third-order valence-corrected chi connectivity index (χ3v) is 6.67. The molecule has 0 bridgehead atoms. The van der Waals surface area contributed by atoms with E-state index >= 15 is 0 Å². The van der Waals surface area contributed by atoms with E-state index in [1.54, 1.807) is 6.92 Å². The summed E-state index contributed by atoms with van der Waals surface area (Å²) in [5.74, 6) is -0.303. The number of rotatable bonds is 14. The molecule has 0 spiro atoms. The number of aryl methyl sites for hydroxylation is 2. The molecule has 0 atom stereocenters. The van der Waals surface area contributed by atoms with Crippen LogP contribution in [0.1, 0.15) is 96.1 Å². The monoisotopic (exact) mass is 386 g/mol. The highest BCUT2D eigenvalue weighted by Crippen LogP contribution is 2.50. The maximum Gasteiger partial charge on any atom is 0.309 e. The van der Waals surface area contributed by atoms with Crippen molar-refractivity contribution in [1.82, 2.24) is 0 Å². The van der Waals surface area contributed by atoms with Gasteiger partial charge in [-0.3, -0.25) is 9.59 Å². The Labute approximate surface area is 170 Å². The minimum absolute atomic E-state index is 0.172. The normalized spacial score (nSPS) is 15.4. The molecule has 0 heterocycles. The molecular weight excluding hydrogens is 348 g/mol. The number of carbonyl (C=O) groups is 2. The molecule has 0 radical (unpaired) electrons. The molecule has 0 aliphatic heterocycles. The average molecular weight is 387 g/mol. The Kier molecular flexibility index (Phi) is 8.27. The zero-order valence-electron chi connectivity index (χ0n) is 18.1. The van der Waals surface area contributed by atoms with Gasteiger partial charge in [0.1, 0.15) is 5.78 Å². The largest absolute Gasteiger partial charge is 0.481 e. The van der Waals surface area contributed by atoms with Crippen LogP contribution in [0.4, 0.5) is 0 Å². The SMILES string of the molecule is CC(=O)C(C)(C)CCCCCc1ccc(CCCCCC2(C(=O)O)CC2)cc1. The van der Waals surface area contributed by atoms with E-state index in [0.717, 1.165) is 64.2 Å². The maximum atomic E-state index is 11.5. The van der Waals surface area contributed by atoms with E-state index in [-0.39, 0.29) is 16.6 Å². The fourth-order valence-electron chi connectivity index (χ4n) is 3.81. The summed E-state index contributed by atoms with van der Waals surface area (Å²) in [6.45, 7) is 5.79. The van der Waals surface area contributed by atoms with Crippen molar-refractivity contribution >= 4 is 11.8 Å². The van der Waals surface area contributed by atoms with Gasteiger partial charge >= 0.3 is 5.97 Å². The zero-order valence-corrected chi connectivity index (χ0v) is 18.1. The van der Waals surface area contributed by atoms with Crippen molar-refractivity contribution in [3.8, 4) is 0 Å². The van der Waals surface area contributed by atoms with Crippen LogP contribution in [0.5, 0.6) is 0 Å². The molecular formula is C25H38O3. The van der Waals surface area contributed by atoms with Gasteiger partial charge in [0.25, 0.3) is 0 Å². The number of hydrogen-bond acceptors (Lipinski definition) is 2. The molecule has 0 saturated heterocycles. The first-order chi connectivity index (χ1) is 13.3. The zero-order chi connectivity index (χ0) is 20.6. The lowest BCUT2D eigenvalue weighted by molar-refractivity contribution is -0.143.